The van der Waals surface area contributed by atoms with Crippen LogP contribution in [0.15, 0.2) is 102 Å². The molecular formula is C29H32O2Si2. The number of fused-ring (bicyclic) bond motifs is 1. The normalized spacial score (nSPS) is 20.9. The molecule has 3 aromatic rings. The lowest BCUT2D eigenvalue weighted by atomic mass is 10.1. The highest BCUT2D eigenvalue weighted by Gasteiger charge is 2.49. The summed E-state index contributed by atoms with van der Waals surface area (Å²) in [5.41, 5.74) is 1.42. The van der Waals surface area contributed by atoms with Crippen molar-refractivity contribution in [2.45, 2.75) is 45.0 Å². The summed E-state index contributed by atoms with van der Waals surface area (Å²) >= 11 is 0. The quantitative estimate of drug-likeness (QED) is 0.391. The number of hydrogen-bond donors (Lipinski definition) is 0. The SMILES string of the molecule is C[Si](C)(C)C1=C2C[C@H](O[Si](c3ccccc3)(c3ccccc3)c3ccccc3)C[C@H]2CC1=O. The Morgan fingerprint density at radius 2 is 1.15 bits per heavy atom. The van der Waals surface area contributed by atoms with Crippen LogP contribution in [0, 0.1) is 5.92 Å². The third-order valence-corrected chi connectivity index (χ3v) is 13.4. The summed E-state index contributed by atoms with van der Waals surface area (Å²) in [6.45, 7) is 6.92. The minimum Gasteiger partial charge on any atom is -0.401 e. The zero-order valence-corrected chi connectivity index (χ0v) is 21.8. The molecule has 0 saturated heterocycles. The predicted octanol–water partition coefficient (Wildman–Crippen LogP) is 4.60. The standard InChI is InChI=1S/C29H32O2Si2/c1-32(2,3)29-27-21-23(19-22(27)20-28(29)30)31-33(24-13-7-4-8-14-24,25-15-9-5-10-16-25)26-17-11-6-12-18-26/h4-18,22-23H,19-21H2,1-3H3/t22-,23+/m0/s1. The van der Waals surface area contributed by atoms with E-state index < -0.39 is 16.4 Å². The van der Waals surface area contributed by atoms with E-state index in [2.05, 4.69) is 111 Å². The number of allylic oxidation sites excluding steroid dienone is 1. The molecule has 0 spiro atoms. The van der Waals surface area contributed by atoms with Crippen LogP contribution >= 0.6 is 0 Å². The first-order chi connectivity index (χ1) is 15.9. The molecule has 0 bridgehead atoms. The monoisotopic (exact) mass is 468 g/mol. The van der Waals surface area contributed by atoms with Gasteiger partial charge in [-0.2, -0.15) is 0 Å². The van der Waals surface area contributed by atoms with Crippen LogP contribution in [0.3, 0.4) is 0 Å². The first-order valence-electron chi connectivity index (χ1n) is 12.0. The van der Waals surface area contributed by atoms with E-state index in [0.717, 1.165) is 12.8 Å². The van der Waals surface area contributed by atoms with Gasteiger partial charge in [0.1, 0.15) is 0 Å². The molecule has 1 saturated carbocycles. The van der Waals surface area contributed by atoms with Crippen LogP contribution in [0.1, 0.15) is 19.3 Å². The van der Waals surface area contributed by atoms with Crippen LogP contribution in [-0.2, 0) is 9.22 Å². The van der Waals surface area contributed by atoms with Gasteiger partial charge in [-0.05, 0) is 39.5 Å². The van der Waals surface area contributed by atoms with Crippen molar-refractivity contribution in [1.29, 1.82) is 0 Å². The molecule has 4 heteroatoms. The number of ketones is 1. The lowest BCUT2D eigenvalue weighted by molar-refractivity contribution is -0.114. The van der Waals surface area contributed by atoms with Gasteiger partial charge in [-0.15, -0.1) is 0 Å². The number of benzene rings is 3. The summed E-state index contributed by atoms with van der Waals surface area (Å²) in [5.74, 6) is 0.781. The van der Waals surface area contributed by atoms with E-state index in [9.17, 15) is 4.79 Å². The van der Waals surface area contributed by atoms with Gasteiger partial charge in [0.15, 0.2) is 5.78 Å². The van der Waals surface area contributed by atoms with Gasteiger partial charge in [0.2, 0.25) is 0 Å². The summed E-state index contributed by atoms with van der Waals surface area (Å²) in [7, 11) is -4.39. The van der Waals surface area contributed by atoms with Crippen LogP contribution in [0.5, 0.6) is 0 Å². The van der Waals surface area contributed by atoms with Crippen molar-refractivity contribution >= 4 is 37.7 Å². The Morgan fingerprint density at radius 3 is 1.58 bits per heavy atom. The summed E-state index contributed by atoms with van der Waals surface area (Å²) < 4.78 is 7.40. The molecule has 0 N–H and O–H groups in total. The molecule has 0 amide bonds. The van der Waals surface area contributed by atoms with Crippen molar-refractivity contribution in [2.75, 3.05) is 0 Å². The van der Waals surface area contributed by atoms with E-state index in [1.807, 2.05) is 0 Å². The molecule has 33 heavy (non-hydrogen) atoms. The molecule has 168 valence electrons. The van der Waals surface area contributed by atoms with Gasteiger partial charge in [0.05, 0.1) is 14.2 Å². The summed E-state index contributed by atoms with van der Waals surface area (Å²) in [6.07, 6.45) is 2.68. The van der Waals surface area contributed by atoms with E-state index >= 15 is 0 Å². The van der Waals surface area contributed by atoms with Crippen molar-refractivity contribution in [3.63, 3.8) is 0 Å². The topological polar surface area (TPSA) is 26.3 Å². The Labute approximate surface area is 199 Å². The molecule has 1 fully saturated rings. The van der Waals surface area contributed by atoms with E-state index in [4.69, 9.17) is 4.43 Å². The maximum Gasteiger partial charge on any atom is 0.288 e. The van der Waals surface area contributed by atoms with E-state index in [1.54, 1.807) is 0 Å². The van der Waals surface area contributed by atoms with Crippen molar-refractivity contribution in [2.24, 2.45) is 5.92 Å². The Morgan fingerprint density at radius 1 is 0.697 bits per heavy atom. The molecule has 2 aliphatic rings. The summed E-state index contributed by atoms with van der Waals surface area (Å²) in [6, 6.07) is 32.4. The Hall–Kier alpha value is -2.54. The fourth-order valence-electron chi connectivity index (χ4n) is 5.93. The summed E-state index contributed by atoms with van der Waals surface area (Å²) in [4.78, 5) is 12.8. The van der Waals surface area contributed by atoms with Crippen LogP contribution < -0.4 is 15.6 Å². The minimum absolute atomic E-state index is 0.136. The molecule has 2 atom stereocenters. The third-order valence-electron chi connectivity index (χ3n) is 7.15. The number of carbonyl (C=O) groups excluding carboxylic acids is 1. The number of hydrogen-bond acceptors (Lipinski definition) is 2. The van der Waals surface area contributed by atoms with Gasteiger partial charge in [0, 0.05) is 6.42 Å². The van der Waals surface area contributed by atoms with E-state index in [-0.39, 0.29) is 6.10 Å². The van der Waals surface area contributed by atoms with Crippen molar-refractivity contribution < 1.29 is 9.22 Å². The minimum atomic E-state index is -2.72. The Balaban J connectivity index is 1.63. The predicted molar refractivity (Wildman–Crippen MR) is 142 cm³/mol. The molecule has 2 aliphatic carbocycles. The van der Waals surface area contributed by atoms with Gasteiger partial charge >= 0.3 is 0 Å². The van der Waals surface area contributed by atoms with E-state index in [1.165, 1.54) is 26.3 Å². The molecule has 5 rings (SSSR count). The summed E-state index contributed by atoms with van der Waals surface area (Å²) in [5, 5.41) is 5.02. The lowest BCUT2D eigenvalue weighted by Gasteiger charge is -2.36. The van der Waals surface area contributed by atoms with Gasteiger partial charge in [-0.25, -0.2) is 0 Å². The van der Waals surface area contributed by atoms with Gasteiger partial charge in [0.25, 0.3) is 8.32 Å². The highest BCUT2D eigenvalue weighted by molar-refractivity contribution is 7.07. The zero-order valence-electron chi connectivity index (χ0n) is 19.8. The second-order valence-electron chi connectivity index (χ2n) is 10.4. The molecule has 0 heterocycles. The van der Waals surface area contributed by atoms with Crippen molar-refractivity contribution in [1.82, 2.24) is 0 Å². The molecule has 0 unspecified atom stereocenters. The number of rotatable bonds is 6. The molecule has 0 aromatic heterocycles. The smallest absolute Gasteiger partial charge is 0.288 e. The second kappa shape index (κ2) is 8.67. The fraction of sp³-hybridized carbons (Fsp3) is 0.276. The second-order valence-corrected chi connectivity index (χ2v) is 18.8. The van der Waals surface area contributed by atoms with Crippen LogP contribution in [0.4, 0.5) is 0 Å². The van der Waals surface area contributed by atoms with Crippen LogP contribution in [0.2, 0.25) is 19.6 Å². The molecule has 2 nitrogen and oxygen atoms in total. The van der Waals surface area contributed by atoms with Gasteiger partial charge in [-0.3, -0.25) is 4.79 Å². The maximum atomic E-state index is 12.8. The fourth-order valence-corrected chi connectivity index (χ4v) is 12.2. The maximum absolute atomic E-state index is 12.8. The number of Topliss-reactive ketones (excluding diaryl/α,β-unsaturated/α-hetero) is 1. The Bertz CT molecular complexity index is 1070. The lowest BCUT2D eigenvalue weighted by Crippen LogP contribution is -2.70. The average Bonchev–Trinajstić information content (AvgIpc) is 3.34. The molecule has 3 aromatic carbocycles. The van der Waals surface area contributed by atoms with Crippen LogP contribution in [-0.4, -0.2) is 28.3 Å². The highest BCUT2D eigenvalue weighted by Crippen LogP contribution is 2.46. The number of carbonyl (C=O) groups is 1. The van der Waals surface area contributed by atoms with E-state index in [0.29, 0.717) is 18.1 Å². The van der Waals surface area contributed by atoms with Crippen molar-refractivity contribution in [3.05, 3.63) is 102 Å². The first-order valence-corrected chi connectivity index (χ1v) is 17.4. The molecular weight excluding hydrogens is 436 g/mol. The first kappa shape index (κ1) is 22.3. The van der Waals surface area contributed by atoms with Gasteiger partial charge in [-0.1, -0.05) is 116 Å². The van der Waals surface area contributed by atoms with Gasteiger partial charge < -0.3 is 4.43 Å². The largest absolute Gasteiger partial charge is 0.401 e. The zero-order chi connectivity index (χ0) is 23.1. The Kier molecular flexibility index (Phi) is 5.85. The van der Waals surface area contributed by atoms with Crippen LogP contribution in [0.25, 0.3) is 0 Å². The third kappa shape index (κ3) is 4.01. The molecule has 0 aliphatic heterocycles. The average molecular weight is 469 g/mol. The molecule has 0 radical (unpaired) electrons. The van der Waals surface area contributed by atoms with Crippen molar-refractivity contribution in [3.8, 4) is 0 Å². The highest BCUT2D eigenvalue weighted by atomic mass is 28.4.